The van der Waals surface area contributed by atoms with E-state index in [0.29, 0.717) is 5.56 Å². The van der Waals surface area contributed by atoms with Crippen LogP contribution in [0.2, 0.25) is 0 Å². The molecule has 5 heterocycles. The van der Waals surface area contributed by atoms with Crippen LogP contribution in [0, 0.1) is 11.3 Å². The molecule has 3 aromatic rings. The Hall–Kier alpha value is -3.32. The molecule has 9 nitrogen and oxygen atoms in total. The Balaban J connectivity index is 1.13. The second kappa shape index (κ2) is 10.6. The number of benzene rings is 1. The molecule has 192 valence electrons. The summed E-state index contributed by atoms with van der Waals surface area (Å²) in [5, 5.41) is 13.9. The standard InChI is InChI=1S/C28H34N8O/c1-20-17-36(26-6-5-21(14-29)27-24(26)4-2-8-31-27)19-23(37-20)18-34-10-3-11-35(13-12-34)28-32-16-22-15-30-9-7-25(22)33-28/h2,4-6,8,16,20,23,30H,3,7,9-13,15,17-19H2,1H3/t20-,23+/m1/s1. The summed E-state index contributed by atoms with van der Waals surface area (Å²) >= 11 is 0. The van der Waals surface area contributed by atoms with Crippen LogP contribution in [0.25, 0.3) is 10.9 Å². The number of anilines is 2. The minimum Gasteiger partial charge on any atom is -0.370 e. The molecule has 2 fully saturated rings. The van der Waals surface area contributed by atoms with Gasteiger partial charge in [-0.3, -0.25) is 9.88 Å². The average Bonchev–Trinajstić information content (AvgIpc) is 3.17. The highest BCUT2D eigenvalue weighted by atomic mass is 16.5. The lowest BCUT2D eigenvalue weighted by molar-refractivity contribution is -0.0313. The van der Waals surface area contributed by atoms with Crippen molar-refractivity contribution in [3.8, 4) is 6.07 Å². The van der Waals surface area contributed by atoms with Gasteiger partial charge in [-0.15, -0.1) is 0 Å². The number of pyridine rings is 1. The van der Waals surface area contributed by atoms with Crippen molar-refractivity contribution in [3.63, 3.8) is 0 Å². The Labute approximate surface area is 218 Å². The lowest BCUT2D eigenvalue weighted by Gasteiger charge is -2.40. The van der Waals surface area contributed by atoms with Crippen LogP contribution in [0.3, 0.4) is 0 Å². The number of aromatic nitrogens is 3. The summed E-state index contributed by atoms with van der Waals surface area (Å²) in [6, 6.07) is 10.2. The first kappa shape index (κ1) is 24.0. The molecule has 0 saturated carbocycles. The summed E-state index contributed by atoms with van der Waals surface area (Å²) in [7, 11) is 0. The number of nitriles is 1. The molecule has 0 radical (unpaired) electrons. The molecule has 6 rings (SSSR count). The van der Waals surface area contributed by atoms with E-state index in [-0.39, 0.29) is 12.2 Å². The number of nitrogens with zero attached hydrogens (tertiary/aromatic N) is 7. The highest BCUT2D eigenvalue weighted by Gasteiger charge is 2.29. The molecule has 1 aromatic carbocycles. The second-order valence-electron chi connectivity index (χ2n) is 10.3. The molecule has 0 bridgehead atoms. The molecule has 1 N–H and O–H groups in total. The van der Waals surface area contributed by atoms with Gasteiger partial charge in [-0.1, -0.05) is 0 Å². The third kappa shape index (κ3) is 5.10. The van der Waals surface area contributed by atoms with Gasteiger partial charge in [0.25, 0.3) is 0 Å². The summed E-state index contributed by atoms with van der Waals surface area (Å²) in [6.07, 6.45) is 6.06. The molecule has 9 heteroatoms. The first-order valence-corrected chi connectivity index (χ1v) is 13.4. The van der Waals surface area contributed by atoms with Crippen molar-refractivity contribution in [1.29, 1.82) is 5.26 Å². The molecule has 3 aliphatic rings. The van der Waals surface area contributed by atoms with Crippen LogP contribution < -0.4 is 15.1 Å². The Morgan fingerprint density at radius 2 is 2.05 bits per heavy atom. The van der Waals surface area contributed by atoms with Crippen molar-refractivity contribution in [2.45, 2.75) is 38.5 Å². The highest BCUT2D eigenvalue weighted by Crippen LogP contribution is 2.30. The van der Waals surface area contributed by atoms with Crippen molar-refractivity contribution in [3.05, 3.63) is 53.5 Å². The van der Waals surface area contributed by atoms with Crippen LogP contribution in [-0.4, -0.2) is 84.4 Å². The first-order valence-electron chi connectivity index (χ1n) is 13.4. The fraction of sp³-hybridized carbons (Fsp3) is 0.500. The maximum absolute atomic E-state index is 9.53. The Morgan fingerprint density at radius 1 is 1.11 bits per heavy atom. The van der Waals surface area contributed by atoms with E-state index in [9.17, 15) is 5.26 Å². The van der Waals surface area contributed by atoms with Crippen molar-refractivity contribution < 1.29 is 4.74 Å². The van der Waals surface area contributed by atoms with E-state index in [4.69, 9.17) is 9.72 Å². The average molecular weight is 499 g/mol. The van der Waals surface area contributed by atoms with Gasteiger partial charge in [-0.2, -0.15) is 5.26 Å². The predicted octanol–water partition coefficient (Wildman–Crippen LogP) is 2.35. The summed E-state index contributed by atoms with van der Waals surface area (Å²) in [6.45, 7) is 10.5. The molecule has 37 heavy (non-hydrogen) atoms. The van der Waals surface area contributed by atoms with Crippen molar-refractivity contribution >= 4 is 22.5 Å². The third-order valence-electron chi connectivity index (χ3n) is 7.66. The van der Waals surface area contributed by atoms with Gasteiger partial charge in [0.15, 0.2) is 0 Å². The fourth-order valence-corrected chi connectivity index (χ4v) is 5.89. The van der Waals surface area contributed by atoms with Gasteiger partial charge in [-0.25, -0.2) is 9.97 Å². The lowest BCUT2D eigenvalue weighted by Crippen LogP contribution is -2.51. The zero-order valence-corrected chi connectivity index (χ0v) is 21.4. The van der Waals surface area contributed by atoms with Crippen molar-refractivity contribution in [2.75, 3.05) is 62.2 Å². The third-order valence-corrected chi connectivity index (χ3v) is 7.66. The lowest BCUT2D eigenvalue weighted by atomic mass is 10.1. The minimum absolute atomic E-state index is 0.116. The molecule has 0 amide bonds. The van der Waals surface area contributed by atoms with Gasteiger partial charge in [-0.05, 0) is 44.2 Å². The summed E-state index contributed by atoms with van der Waals surface area (Å²) in [4.78, 5) is 21.4. The fourth-order valence-electron chi connectivity index (χ4n) is 5.89. The Kier molecular flexibility index (Phi) is 6.87. The highest BCUT2D eigenvalue weighted by molar-refractivity contribution is 5.95. The van der Waals surface area contributed by atoms with E-state index >= 15 is 0 Å². The molecule has 2 atom stereocenters. The van der Waals surface area contributed by atoms with Gasteiger partial charge in [0.05, 0.1) is 29.0 Å². The van der Waals surface area contributed by atoms with Gasteiger partial charge in [0.1, 0.15) is 6.07 Å². The van der Waals surface area contributed by atoms with E-state index < -0.39 is 0 Å². The number of ether oxygens (including phenoxy) is 1. The molecule has 3 aliphatic heterocycles. The van der Waals surface area contributed by atoms with E-state index in [1.165, 1.54) is 11.3 Å². The topological polar surface area (TPSA) is 93.4 Å². The molecule has 0 spiro atoms. The van der Waals surface area contributed by atoms with Crippen molar-refractivity contribution in [1.82, 2.24) is 25.2 Å². The summed E-state index contributed by atoms with van der Waals surface area (Å²) in [5.41, 5.74) is 4.94. The quantitative estimate of drug-likeness (QED) is 0.582. The predicted molar refractivity (Wildman–Crippen MR) is 144 cm³/mol. The number of fused-ring (bicyclic) bond motifs is 2. The zero-order chi connectivity index (χ0) is 25.2. The second-order valence-corrected chi connectivity index (χ2v) is 10.3. The minimum atomic E-state index is 0.116. The van der Waals surface area contributed by atoms with Gasteiger partial charge < -0.3 is 19.9 Å². The van der Waals surface area contributed by atoms with Crippen molar-refractivity contribution in [2.24, 2.45) is 0 Å². The van der Waals surface area contributed by atoms with E-state index in [2.05, 4.69) is 55.1 Å². The van der Waals surface area contributed by atoms with Gasteiger partial charge in [0.2, 0.25) is 5.95 Å². The van der Waals surface area contributed by atoms with Crippen LogP contribution >= 0.6 is 0 Å². The van der Waals surface area contributed by atoms with E-state index in [1.54, 1.807) is 6.20 Å². The molecule has 2 saturated heterocycles. The molecule has 0 unspecified atom stereocenters. The maximum Gasteiger partial charge on any atom is 0.225 e. The molecule has 0 aliphatic carbocycles. The first-order chi connectivity index (χ1) is 18.2. The SMILES string of the molecule is C[C@@H]1CN(c2ccc(C#N)c3ncccc23)C[C@H](CN2CCCN(c3ncc4c(n3)CCNC4)CC2)O1. The molecular formula is C28H34N8O. The summed E-state index contributed by atoms with van der Waals surface area (Å²) in [5.74, 6) is 0.873. The van der Waals surface area contributed by atoms with E-state index in [0.717, 1.165) is 94.3 Å². The van der Waals surface area contributed by atoms with Crippen LogP contribution in [-0.2, 0) is 17.7 Å². The smallest absolute Gasteiger partial charge is 0.225 e. The van der Waals surface area contributed by atoms with Crippen LogP contribution in [0.5, 0.6) is 0 Å². The maximum atomic E-state index is 9.53. The number of hydrogen-bond acceptors (Lipinski definition) is 9. The number of hydrogen-bond donors (Lipinski definition) is 1. The summed E-state index contributed by atoms with van der Waals surface area (Å²) < 4.78 is 6.42. The Morgan fingerprint density at radius 3 is 2.97 bits per heavy atom. The monoisotopic (exact) mass is 498 g/mol. The van der Waals surface area contributed by atoms with Crippen LogP contribution in [0.4, 0.5) is 11.6 Å². The number of morpholine rings is 1. The van der Waals surface area contributed by atoms with E-state index in [1.807, 2.05) is 18.3 Å². The van der Waals surface area contributed by atoms with Crippen LogP contribution in [0.1, 0.15) is 30.2 Å². The zero-order valence-electron chi connectivity index (χ0n) is 21.4. The molecule has 2 aromatic heterocycles. The van der Waals surface area contributed by atoms with Gasteiger partial charge in [0, 0.05) is 87.8 Å². The van der Waals surface area contributed by atoms with Gasteiger partial charge >= 0.3 is 0 Å². The number of rotatable bonds is 4. The molecular weight excluding hydrogens is 464 g/mol. The largest absolute Gasteiger partial charge is 0.370 e. The van der Waals surface area contributed by atoms with Crippen LogP contribution in [0.15, 0.2) is 36.7 Å². The Bertz CT molecular complexity index is 1310. The number of nitrogens with one attached hydrogen (secondary N) is 1. The normalized spacial score (nSPS) is 22.9.